The fraction of sp³-hybridized carbons (Fsp3) is 0.400. The number of benzene rings is 2. The van der Waals surface area contributed by atoms with E-state index in [1.165, 1.54) is 11.8 Å². The molecule has 3 rings (SSSR count). The predicted molar refractivity (Wildman–Crippen MR) is 121 cm³/mol. The van der Waals surface area contributed by atoms with Crippen molar-refractivity contribution in [3.8, 4) is 0 Å². The van der Waals surface area contributed by atoms with Gasteiger partial charge in [-0.25, -0.2) is 4.79 Å². The molecule has 1 saturated heterocycles. The number of hydrogen-bond donors (Lipinski definition) is 1. The summed E-state index contributed by atoms with van der Waals surface area (Å²) in [4.78, 5) is 39.0. The van der Waals surface area contributed by atoms with Crippen molar-refractivity contribution in [1.29, 1.82) is 0 Å². The lowest BCUT2D eigenvalue weighted by Crippen LogP contribution is -2.54. The third-order valence-corrected chi connectivity index (χ3v) is 5.36. The maximum absolute atomic E-state index is 13.5. The smallest absolute Gasteiger partial charge is 0.408 e. The van der Waals surface area contributed by atoms with Crippen LogP contribution in [0.3, 0.4) is 0 Å². The minimum atomic E-state index is -0.885. The lowest BCUT2D eigenvalue weighted by atomic mass is 10.0. The van der Waals surface area contributed by atoms with Gasteiger partial charge in [0.05, 0.1) is 0 Å². The van der Waals surface area contributed by atoms with Crippen LogP contribution in [-0.2, 0) is 36.8 Å². The maximum atomic E-state index is 13.5. The Labute approximate surface area is 193 Å². The highest BCUT2D eigenvalue weighted by Gasteiger charge is 2.43. The highest BCUT2D eigenvalue weighted by Crippen LogP contribution is 2.24. The van der Waals surface area contributed by atoms with Crippen LogP contribution >= 0.6 is 0 Å². The minimum absolute atomic E-state index is 0.0434. The first-order chi connectivity index (χ1) is 15.8. The van der Waals surface area contributed by atoms with E-state index in [9.17, 15) is 14.4 Å². The molecule has 0 bridgehead atoms. The fourth-order valence-corrected chi connectivity index (χ4v) is 3.66. The Morgan fingerprint density at radius 3 is 2.21 bits per heavy atom. The molecule has 2 aromatic rings. The monoisotopic (exact) mass is 454 g/mol. The first kappa shape index (κ1) is 24.3. The van der Waals surface area contributed by atoms with Crippen LogP contribution in [0.1, 0.15) is 31.9 Å². The summed E-state index contributed by atoms with van der Waals surface area (Å²) in [6, 6.07) is 17.5. The van der Waals surface area contributed by atoms with Crippen LogP contribution in [-0.4, -0.2) is 48.0 Å². The van der Waals surface area contributed by atoms with Gasteiger partial charge in [-0.05, 0) is 23.5 Å². The van der Waals surface area contributed by atoms with E-state index in [1.54, 1.807) is 0 Å². The largest absolute Gasteiger partial charge is 0.445 e. The van der Waals surface area contributed by atoms with Gasteiger partial charge in [-0.1, -0.05) is 74.5 Å². The molecule has 0 saturated carbocycles. The van der Waals surface area contributed by atoms with Gasteiger partial charge in [0.2, 0.25) is 12.2 Å². The van der Waals surface area contributed by atoms with Crippen LogP contribution in [0.5, 0.6) is 0 Å². The number of ether oxygens (including phenoxy) is 3. The Balaban J connectivity index is 1.70. The maximum Gasteiger partial charge on any atom is 0.408 e. The Bertz CT molecular complexity index is 934. The summed E-state index contributed by atoms with van der Waals surface area (Å²) in [5.41, 5.74) is 1.82. The number of nitrogens with one attached hydrogen (secondary N) is 1. The number of amides is 2. The molecule has 0 radical (unpaired) electrons. The van der Waals surface area contributed by atoms with Crippen molar-refractivity contribution in [1.82, 2.24) is 10.2 Å². The highest BCUT2D eigenvalue weighted by atomic mass is 16.7. The first-order valence-electron chi connectivity index (χ1n) is 11.0. The van der Waals surface area contributed by atoms with Crippen molar-refractivity contribution < 1.29 is 28.6 Å². The van der Waals surface area contributed by atoms with Gasteiger partial charge in [0, 0.05) is 6.92 Å². The molecule has 8 heteroatoms. The number of alkyl carbamates (subject to hydrolysis) is 1. The summed E-state index contributed by atoms with van der Waals surface area (Å²) in [6.07, 6.45) is -1.12. The third kappa shape index (κ3) is 6.79. The van der Waals surface area contributed by atoms with Crippen LogP contribution in [0, 0.1) is 5.92 Å². The van der Waals surface area contributed by atoms with Gasteiger partial charge in [-0.15, -0.1) is 0 Å². The molecular formula is C25H30N2O6. The first-order valence-corrected chi connectivity index (χ1v) is 11.0. The molecule has 176 valence electrons. The van der Waals surface area contributed by atoms with Crippen LogP contribution in [0.25, 0.3) is 0 Å². The molecule has 33 heavy (non-hydrogen) atoms. The quantitative estimate of drug-likeness (QED) is 0.616. The molecule has 3 atom stereocenters. The van der Waals surface area contributed by atoms with E-state index in [2.05, 4.69) is 5.32 Å². The molecule has 1 fully saturated rings. The summed E-state index contributed by atoms with van der Waals surface area (Å²) in [6.45, 7) is 5.04. The Morgan fingerprint density at radius 2 is 1.64 bits per heavy atom. The molecule has 2 amide bonds. The zero-order valence-corrected chi connectivity index (χ0v) is 19.1. The summed E-state index contributed by atoms with van der Waals surface area (Å²) in [5, 5.41) is 2.69. The van der Waals surface area contributed by atoms with Crippen LogP contribution < -0.4 is 5.32 Å². The molecule has 3 unspecified atom stereocenters. The van der Waals surface area contributed by atoms with E-state index in [1.807, 2.05) is 74.5 Å². The minimum Gasteiger partial charge on any atom is -0.445 e. The molecule has 1 heterocycles. The molecule has 1 aliphatic heterocycles. The van der Waals surface area contributed by atoms with Crippen LogP contribution in [0.15, 0.2) is 60.7 Å². The Hall–Kier alpha value is -3.39. The normalized spacial score (nSPS) is 18.6. The van der Waals surface area contributed by atoms with Gasteiger partial charge < -0.3 is 24.4 Å². The number of nitrogens with zero attached hydrogens (tertiary/aromatic N) is 1. The molecule has 1 N–H and O–H groups in total. The highest BCUT2D eigenvalue weighted by molar-refractivity contribution is 5.86. The van der Waals surface area contributed by atoms with Crippen molar-refractivity contribution in [3.05, 3.63) is 71.8 Å². The lowest BCUT2D eigenvalue weighted by molar-refractivity contribution is -0.169. The molecule has 0 aromatic heterocycles. The van der Waals surface area contributed by atoms with E-state index in [-0.39, 0.29) is 25.2 Å². The molecule has 0 aliphatic carbocycles. The number of hydrogen-bond acceptors (Lipinski definition) is 6. The average molecular weight is 455 g/mol. The summed E-state index contributed by atoms with van der Waals surface area (Å²) in [7, 11) is 0. The third-order valence-electron chi connectivity index (χ3n) is 5.36. The Morgan fingerprint density at radius 1 is 1.03 bits per heavy atom. The van der Waals surface area contributed by atoms with E-state index < -0.39 is 30.4 Å². The SMILES string of the molecule is CC(=O)OC1OCN(C(=O)C(NC(=O)OCc2ccccc2)C(C)C)C1Cc1ccccc1. The number of esters is 1. The summed E-state index contributed by atoms with van der Waals surface area (Å²) < 4.78 is 16.3. The van der Waals surface area contributed by atoms with Crippen molar-refractivity contribution in [2.24, 2.45) is 5.92 Å². The van der Waals surface area contributed by atoms with Crippen molar-refractivity contribution in [3.63, 3.8) is 0 Å². The summed E-state index contributed by atoms with van der Waals surface area (Å²) in [5.74, 6) is -1.01. The number of carbonyl (C=O) groups is 3. The standard InChI is InChI=1S/C25H30N2O6/c1-17(2)22(26-25(30)31-15-20-12-8-5-9-13-20)23(29)27-16-32-24(33-18(3)28)21(27)14-19-10-6-4-7-11-19/h4-13,17,21-22,24H,14-16H2,1-3H3,(H,26,30). The molecule has 8 nitrogen and oxygen atoms in total. The van der Waals surface area contributed by atoms with Crippen LogP contribution in [0.4, 0.5) is 4.79 Å². The van der Waals surface area contributed by atoms with Gasteiger partial charge in [-0.2, -0.15) is 0 Å². The van der Waals surface area contributed by atoms with Crippen molar-refractivity contribution >= 4 is 18.0 Å². The Kier molecular flexibility index (Phi) is 8.43. The molecule has 1 aliphatic rings. The number of carbonyl (C=O) groups excluding carboxylic acids is 3. The van der Waals surface area contributed by atoms with Gasteiger partial charge in [0.1, 0.15) is 25.4 Å². The summed E-state index contributed by atoms with van der Waals surface area (Å²) >= 11 is 0. The van der Waals surface area contributed by atoms with E-state index in [0.29, 0.717) is 6.42 Å². The molecule has 0 spiro atoms. The van der Waals surface area contributed by atoms with Gasteiger partial charge in [0.25, 0.3) is 0 Å². The molecular weight excluding hydrogens is 424 g/mol. The zero-order valence-electron chi connectivity index (χ0n) is 19.1. The second-order valence-corrected chi connectivity index (χ2v) is 8.27. The fourth-order valence-electron chi connectivity index (χ4n) is 3.66. The van der Waals surface area contributed by atoms with Gasteiger partial charge in [-0.3, -0.25) is 9.59 Å². The predicted octanol–water partition coefficient (Wildman–Crippen LogP) is 3.25. The van der Waals surface area contributed by atoms with E-state index in [4.69, 9.17) is 14.2 Å². The second kappa shape index (κ2) is 11.5. The average Bonchev–Trinajstić information content (AvgIpc) is 3.18. The zero-order chi connectivity index (χ0) is 23.8. The van der Waals surface area contributed by atoms with Gasteiger partial charge >= 0.3 is 12.1 Å². The second-order valence-electron chi connectivity index (χ2n) is 8.27. The van der Waals surface area contributed by atoms with Crippen molar-refractivity contribution in [2.75, 3.05) is 6.73 Å². The topological polar surface area (TPSA) is 94.2 Å². The number of rotatable bonds is 8. The van der Waals surface area contributed by atoms with Crippen molar-refractivity contribution in [2.45, 2.75) is 52.2 Å². The van der Waals surface area contributed by atoms with Gasteiger partial charge in [0.15, 0.2) is 0 Å². The van der Waals surface area contributed by atoms with Crippen LogP contribution in [0.2, 0.25) is 0 Å². The van der Waals surface area contributed by atoms with E-state index >= 15 is 0 Å². The molecule has 2 aromatic carbocycles. The van der Waals surface area contributed by atoms with E-state index in [0.717, 1.165) is 11.1 Å². The lowest BCUT2D eigenvalue weighted by Gasteiger charge is -2.30.